The topological polar surface area (TPSA) is 55.1 Å². The van der Waals surface area contributed by atoms with Gasteiger partial charge in [-0.3, -0.25) is 4.79 Å². The first kappa shape index (κ1) is 13.4. The maximum atomic E-state index is 11.9. The highest BCUT2D eigenvalue weighted by Gasteiger charge is 2.38. The smallest absolute Gasteiger partial charge is 0.223 e. The van der Waals surface area contributed by atoms with Gasteiger partial charge in [-0.1, -0.05) is 32.5 Å². The van der Waals surface area contributed by atoms with E-state index >= 15 is 0 Å². The van der Waals surface area contributed by atoms with E-state index in [4.69, 9.17) is 18.0 Å². The fourth-order valence-electron chi connectivity index (χ4n) is 2.41. The second kappa shape index (κ2) is 5.62. The van der Waals surface area contributed by atoms with Gasteiger partial charge in [-0.05, 0) is 31.1 Å². The largest absolute Gasteiger partial charge is 0.393 e. The van der Waals surface area contributed by atoms with Crippen molar-refractivity contribution >= 4 is 23.1 Å². The molecule has 1 fully saturated rings. The summed E-state index contributed by atoms with van der Waals surface area (Å²) in [5.74, 6) is 0.378. The molecule has 1 aliphatic rings. The van der Waals surface area contributed by atoms with Crippen molar-refractivity contribution in [3.05, 3.63) is 0 Å². The molecule has 0 saturated heterocycles. The van der Waals surface area contributed by atoms with Crippen molar-refractivity contribution in [1.82, 2.24) is 5.32 Å². The Labute approximate surface area is 103 Å². The first-order chi connectivity index (χ1) is 7.43. The Balaban J connectivity index is 2.27. The average molecular weight is 242 g/mol. The minimum atomic E-state index is 0.160. The molecular weight excluding hydrogens is 220 g/mol. The fourth-order valence-corrected chi connectivity index (χ4v) is 2.55. The van der Waals surface area contributed by atoms with Crippen molar-refractivity contribution in [3.63, 3.8) is 0 Å². The lowest BCUT2D eigenvalue weighted by Crippen LogP contribution is -2.36. The van der Waals surface area contributed by atoms with Crippen LogP contribution in [0, 0.1) is 11.3 Å². The third kappa shape index (κ3) is 3.74. The Kier molecular flexibility index (Phi) is 4.71. The molecule has 0 radical (unpaired) electrons. The summed E-state index contributed by atoms with van der Waals surface area (Å²) in [7, 11) is 0. The zero-order valence-electron chi connectivity index (χ0n) is 10.2. The van der Waals surface area contributed by atoms with E-state index in [0.29, 0.717) is 18.0 Å². The van der Waals surface area contributed by atoms with Gasteiger partial charge in [-0.2, -0.15) is 0 Å². The van der Waals surface area contributed by atoms with Crippen molar-refractivity contribution in [2.75, 3.05) is 6.54 Å². The predicted molar refractivity (Wildman–Crippen MR) is 70.2 cm³/mol. The van der Waals surface area contributed by atoms with Crippen molar-refractivity contribution in [2.24, 2.45) is 17.1 Å². The van der Waals surface area contributed by atoms with Gasteiger partial charge in [-0.25, -0.2) is 0 Å². The second-order valence-electron chi connectivity index (χ2n) is 5.29. The van der Waals surface area contributed by atoms with Crippen molar-refractivity contribution in [3.8, 4) is 0 Å². The summed E-state index contributed by atoms with van der Waals surface area (Å²) in [6.45, 7) is 5.04. The van der Waals surface area contributed by atoms with Crippen LogP contribution in [0.25, 0.3) is 0 Å². The molecule has 0 aromatic carbocycles. The average Bonchev–Trinajstić information content (AvgIpc) is 2.52. The Morgan fingerprint density at radius 2 is 2.25 bits per heavy atom. The zero-order chi connectivity index (χ0) is 12.2. The predicted octanol–water partition coefficient (Wildman–Crippen LogP) is 2.00. The minimum Gasteiger partial charge on any atom is -0.393 e. The van der Waals surface area contributed by atoms with Crippen molar-refractivity contribution < 1.29 is 4.79 Å². The standard InChI is InChI=1S/C12H22N2OS/c1-12(2)7-3-5-9(12)11(15)14-8-4-6-10(13)16/h9H,3-8H2,1-2H3,(H2,13,16)(H,14,15). The Morgan fingerprint density at radius 3 is 2.75 bits per heavy atom. The summed E-state index contributed by atoms with van der Waals surface area (Å²) in [5, 5.41) is 2.98. The van der Waals surface area contributed by atoms with Gasteiger partial charge in [0.25, 0.3) is 0 Å². The van der Waals surface area contributed by atoms with Crippen LogP contribution in [0.5, 0.6) is 0 Å². The number of carbonyl (C=O) groups is 1. The van der Waals surface area contributed by atoms with Gasteiger partial charge in [-0.15, -0.1) is 0 Å². The first-order valence-electron chi connectivity index (χ1n) is 5.99. The molecule has 1 rings (SSSR count). The lowest BCUT2D eigenvalue weighted by Gasteiger charge is -2.25. The third-order valence-corrected chi connectivity index (χ3v) is 3.68. The van der Waals surface area contributed by atoms with Gasteiger partial charge < -0.3 is 11.1 Å². The summed E-state index contributed by atoms with van der Waals surface area (Å²) >= 11 is 4.78. The molecule has 1 aliphatic carbocycles. The Bertz CT molecular complexity index is 276. The van der Waals surface area contributed by atoms with E-state index in [1.165, 1.54) is 0 Å². The molecule has 3 nitrogen and oxygen atoms in total. The molecule has 0 spiro atoms. The molecule has 1 saturated carbocycles. The van der Waals surface area contributed by atoms with E-state index in [1.54, 1.807) is 0 Å². The molecule has 0 aromatic heterocycles. The molecule has 3 N–H and O–H groups in total. The van der Waals surface area contributed by atoms with E-state index < -0.39 is 0 Å². The second-order valence-corrected chi connectivity index (χ2v) is 5.82. The number of nitrogens with two attached hydrogens (primary N) is 1. The van der Waals surface area contributed by atoms with Gasteiger partial charge in [0.2, 0.25) is 5.91 Å². The highest BCUT2D eigenvalue weighted by atomic mass is 32.1. The van der Waals surface area contributed by atoms with Gasteiger partial charge >= 0.3 is 0 Å². The number of nitrogens with one attached hydrogen (secondary N) is 1. The summed E-state index contributed by atoms with van der Waals surface area (Å²) in [6.07, 6.45) is 4.89. The molecule has 1 atom stereocenters. The molecule has 16 heavy (non-hydrogen) atoms. The normalized spacial score (nSPS) is 23.0. The Morgan fingerprint density at radius 1 is 1.56 bits per heavy atom. The fraction of sp³-hybridized carbons (Fsp3) is 0.833. The van der Waals surface area contributed by atoms with Crippen LogP contribution < -0.4 is 11.1 Å². The minimum absolute atomic E-state index is 0.160. The van der Waals surface area contributed by atoms with Crippen molar-refractivity contribution in [2.45, 2.75) is 46.0 Å². The quantitative estimate of drug-likeness (QED) is 0.572. The van der Waals surface area contributed by atoms with Gasteiger partial charge in [0.05, 0.1) is 4.99 Å². The molecular formula is C12H22N2OS. The number of hydrogen-bond acceptors (Lipinski definition) is 2. The van der Waals surface area contributed by atoms with Crippen LogP contribution in [0.3, 0.4) is 0 Å². The molecule has 0 heterocycles. The summed E-state index contributed by atoms with van der Waals surface area (Å²) in [6, 6.07) is 0. The number of carbonyl (C=O) groups excluding carboxylic acids is 1. The molecule has 1 unspecified atom stereocenters. The molecule has 0 aliphatic heterocycles. The zero-order valence-corrected chi connectivity index (χ0v) is 11.0. The van der Waals surface area contributed by atoms with Crippen LogP contribution in [0.1, 0.15) is 46.0 Å². The van der Waals surface area contributed by atoms with Crippen LogP contribution >= 0.6 is 12.2 Å². The molecule has 0 bridgehead atoms. The van der Waals surface area contributed by atoms with Gasteiger partial charge in [0.15, 0.2) is 0 Å². The summed E-state index contributed by atoms with van der Waals surface area (Å²) in [4.78, 5) is 12.5. The van der Waals surface area contributed by atoms with Crippen molar-refractivity contribution in [1.29, 1.82) is 0 Å². The SMILES string of the molecule is CC1(C)CCCC1C(=O)NCCCC(N)=S. The van der Waals surface area contributed by atoms with Crippen LogP contribution in [-0.2, 0) is 4.79 Å². The third-order valence-electron chi connectivity index (χ3n) is 3.47. The van der Waals surface area contributed by atoms with Crippen LogP contribution in [0.15, 0.2) is 0 Å². The maximum Gasteiger partial charge on any atom is 0.223 e. The first-order valence-corrected chi connectivity index (χ1v) is 6.40. The number of hydrogen-bond donors (Lipinski definition) is 2. The van der Waals surface area contributed by atoms with E-state index in [0.717, 1.165) is 25.7 Å². The molecule has 4 heteroatoms. The van der Waals surface area contributed by atoms with Gasteiger partial charge in [0.1, 0.15) is 0 Å². The van der Waals surface area contributed by atoms with Crippen LogP contribution in [0.4, 0.5) is 0 Å². The van der Waals surface area contributed by atoms with E-state index in [-0.39, 0.29) is 17.2 Å². The van der Waals surface area contributed by atoms with E-state index in [2.05, 4.69) is 19.2 Å². The van der Waals surface area contributed by atoms with Crippen LogP contribution in [-0.4, -0.2) is 17.4 Å². The molecule has 0 aromatic rings. The maximum absolute atomic E-state index is 11.9. The van der Waals surface area contributed by atoms with Gasteiger partial charge in [0, 0.05) is 12.5 Å². The lowest BCUT2D eigenvalue weighted by molar-refractivity contribution is -0.127. The molecule has 1 amide bonds. The highest BCUT2D eigenvalue weighted by Crippen LogP contribution is 2.42. The number of thiocarbonyl (C=S) groups is 1. The summed E-state index contributed by atoms with van der Waals surface area (Å²) < 4.78 is 0. The monoisotopic (exact) mass is 242 g/mol. The number of rotatable bonds is 5. The van der Waals surface area contributed by atoms with E-state index in [9.17, 15) is 4.79 Å². The van der Waals surface area contributed by atoms with Crippen LogP contribution in [0.2, 0.25) is 0 Å². The number of amides is 1. The van der Waals surface area contributed by atoms with E-state index in [1.807, 2.05) is 0 Å². The highest BCUT2D eigenvalue weighted by molar-refractivity contribution is 7.80. The summed E-state index contributed by atoms with van der Waals surface area (Å²) in [5.41, 5.74) is 5.55. The molecule has 92 valence electrons. The lowest BCUT2D eigenvalue weighted by atomic mass is 9.81. The Hall–Kier alpha value is -0.640.